The van der Waals surface area contributed by atoms with Gasteiger partial charge in [-0.3, -0.25) is 4.79 Å². The molecule has 1 heterocycles. The van der Waals surface area contributed by atoms with Crippen LogP contribution in [0, 0.1) is 11.8 Å². The van der Waals surface area contributed by atoms with Crippen molar-refractivity contribution in [3.63, 3.8) is 0 Å². The quantitative estimate of drug-likeness (QED) is 0.151. The van der Waals surface area contributed by atoms with E-state index in [2.05, 4.69) is 35.8 Å². The second kappa shape index (κ2) is 13.8. The number of alkyl halides is 3. The van der Waals surface area contributed by atoms with Crippen LogP contribution in [-0.4, -0.2) is 37.0 Å². The number of unbranched alkanes of at least 4 members (excludes halogenated alkanes) is 2. The van der Waals surface area contributed by atoms with Crippen LogP contribution in [0.25, 0.3) is 22.2 Å². The van der Waals surface area contributed by atoms with Gasteiger partial charge in [0, 0.05) is 29.5 Å². The summed E-state index contributed by atoms with van der Waals surface area (Å²) < 4.78 is 58.2. The van der Waals surface area contributed by atoms with Gasteiger partial charge in [-0.25, -0.2) is 0 Å². The van der Waals surface area contributed by atoms with Crippen LogP contribution in [-0.2, 0) is 22.5 Å². The molecule has 3 aromatic rings. The number of hydrogen-bond donors (Lipinski definition) is 0. The van der Waals surface area contributed by atoms with Gasteiger partial charge in [0.1, 0.15) is 11.5 Å². The highest BCUT2D eigenvalue weighted by molar-refractivity contribution is 5.89. The van der Waals surface area contributed by atoms with Crippen molar-refractivity contribution in [3.8, 4) is 22.8 Å². The van der Waals surface area contributed by atoms with E-state index in [-0.39, 0.29) is 13.2 Å². The summed E-state index contributed by atoms with van der Waals surface area (Å²) in [5.74, 6) is -0.670. The van der Waals surface area contributed by atoms with Gasteiger partial charge in [-0.15, -0.1) is 0 Å². The number of aromatic nitrogens is 1. The van der Waals surface area contributed by atoms with E-state index in [0.717, 1.165) is 40.8 Å². The normalized spacial score (nSPS) is 12.6. The number of carbonyl (C=O) groups excluding carboxylic acids is 1. The molecule has 5 nitrogen and oxygen atoms in total. The number of rotatable bonds is 14. The molecule has 0 aliphatic carbocycles. The molecule has 8 heteroatoms. The highest BCUT2D eigenvalue weighted by atomic mass is 19.4. The van der Waals surface area contributed by atoms with E-state index in [9.17, 15) is 18.0 Å². The van der Waals surface area contributed by atoms with E-state index < -0.39 is 30.4 Å². The number of nitrogens with zero attached hydrogens (tertiary/aromatic N) is 1. The summed E-state index contributed by atoms with van der Waals surface area (Å²) in [5, 5.41) is 0.992. The lowest BCUT2D eigenvalue weighted by molar-refractivity contribution is -0.162. The first-order valence-electron chi connectivity index (χ1n) is 13.7. The maximum atomic E-state index is 13.1. The molecule has 2 aromatic carbocycles. The lowest BCUT2D eigenvalue weighted by Gasteiger charge is -2.20. The summed E-state index contributed by atoms with van der Waals surface area (Å²) in [6, 6.07) is 13.9. The van der Waals surface area contributed by atoms with E-state index in [1.54, 1.807) is 27.0 Å². The molecule has 39 heavy (non-hydrogen) atoms. The number of methoxy groups -OCH3 is 1. The fourth-order valence-corrected chi connectivity index (χ4v) is 4.64. The Balaban J connectivity index is 1.83. The highest BCUT2D eigenvalue weighted by Crippen LogP contribution is 2.36. The van der Waals surface area contributed by atoms with Gasteiger partial charge in [0.2, 0.25) is 0 Å². The Hall–Kier alpha value is -3.16. The molecule has 0 N–H and O–H groups in total. The van der Waals surface area contributed by atoms with Gasteiger partial charge in [0.15, 0.2) is 0 Å². The summed E-state index contributed by atoms with van der Waals surface area (Å²) in [6.07, 6.45) is -0.970. The minimum Gasteiger partial charge on any atom is -0.496 e. The molecule has 0 radical (unpaired) electrons. The van der Waals surface area contributed by atoms with Gasteiger partial charge >= 0.3 is 12.1 Å². The summed E-state index contributed by atoms with van der Waals surface area (Å²) in [7, 11) is 1.68. The summed E-state index contributed by atoms with van der Waals surface area (Å²) >= 11 is 0. The van der Waals surface area contributed by atoms with Crippen molar-refractivity contribution in [1.29, 1.82) is 0 Å². The van der Waals surface area contributed by atoms with Crippen LogP contribution in [0.5, 0.6) is 11.5 Å². The topological polar surface area (TPSA) is 49.7 Å². The van der Waals surface area contributed by atoms with E-state index in [1.807, 2.05) is 19.1 Å². The first-order chi connectivity index (χ1) is 18.6. The predicted octanol–water partition coefficient (Wildman–Crippen LogP) is 8.22. The van der Waals surface area contributed by atoms with E-state index in [4.69, 9.17) is 14.2 Å². The fraction of sp³-hybridized carbons (Fsp3) is 0.516. The lowest BCUT2D eigenvalue weighted by Crippen LogP contribution is -2.27. The molecule has 0 bridgehead atoms. The molecule has 0 amide bonds. The standard InChI is InChI=1S/C31H40F3NO4/c1-6-8-9-10-22-11-14-26(29(15-22)37-5)28-16-24-12-13-25(17-27(24)35(28)7-2)38-19-23(18-31(32,33)34)20-39-30(36)21(3)4/h11-17,21,23H,6-10,18-20H2,1-5H3. The Bertz CT molecular complexity index is 1230. The number of aryl methyl sites for hydroxylation is 2. The molecule has 3 rings (SSSR count). The Kier molecular flexibility index (Phi) is 10.7. The third-order valence-electron chi connectivity index (χ3n) is 6.74. The van der Waals surface area contributed by atoms with Crippen LogP contribution >= 0.6 is 0 Å². The Morgan fingerprint density at radius 3 is 2.41 bits per heavy atom. The highest BCUT2D eigenvalue weighted by Gasteiger charge is 2.33. The average Bonchev–Trinajstić information content (AvgIpc) is 3.26. The van der Waals surface area contributed by atoms with Crippen LogP contribution in [0.2, 0.25) is 0 Å². The monoisotopic (exact) mass is 547 g/mol. The second-order valence-electron chi connectivity index (χ2n) is 10.3. The van der Waals surface area contributed by atoms with Crippen LogP contribution in [0.1, 0.15) is 58.9 Å². The van der Waals surface area contributed by atoms with Crippen LogP contribution in [0.15, 0.2) is 42.5 Å². The number of fused-ring (bicyclic) bond motifs is 1. The number of esters is 1. The minimum atomic E-state index is -4.39. The first-order valence-corrected chi connectivity index (χ1v) is 13.7. The van der Waals surface area contributed by atoms with Crippen molar-refractivity contribution < 1.29 is 32.2 Å². The molecule has 0 saturated carbocycles. The maximum absolute atomic E-state index is 13.1. The molecular formula is C31H40F3NO4. The average molecular weight is 548 g/mol. The molecule has 1 aromatic heterocycles. The summed E-state index contributed by atoms with van der Waals surface area (Å²) in [4.78, 5) is 11.8. The maximum Gasteiger partial charge on any atom is 0.389 e. The van der Waals surface area contributed by atoms with Crippen LogP contribution in [0.3, 0.4) is 0 Å². The molecule has 0 aliphatic heterocycles. The first kappa shape index (κ1) is 30.4. The predicted molar refractivity (Wildman–Crippen MR) is 148 cm³/mol. The summed E-state index contributed by atoms with van der Waals surface area (Å²) in [5.41, 5.74) is 4.13. The molecule has 214 valence electrons. The third-order valence-corrected chi connectivity index (χ3v) is 6.74. The van der Waals surface area contributed by atoms with Gasteiger partial charge < -0.3 is 18.8 Å². The molecule has 1 atom stereocenters. The van der Waals surface area contributed by atoms with Crippen molar-refractivity contribution >= 4 is 16.9 Å². The molecule has 0 fully saturated rings. The largest absolute Gasteiger partial charge is 0.496 e. The zero-order valence-corrected chi connectivity index (χ0v) is 23.6. The number of carbonyl (C=O) groups is 1. The SMILES string of the molecule is CCCCCc1ccc(-c2cc3ccc(OCC(COC(=O)C(C)C)CC(F)(F)F)cc3n2CC)c(OC)c1. The van der Waals surface area contributed by atoms with Crippen molar-refractivity contribution in [1.82, 2.24) is 4.57 Å². The summed E-state index contributed by atoms with van der Waals surface area (Å²) in [6.45, 7) is 7.64. The van der Waals surface area contributed by atoms with Crippen molar-refractivity contribution in [2.24, 2.45) is 11.8 Å². The van der Waals surface area contributed by atoms with Gasteiger partial charge in [0.25, 0.3) is 0 Å². The van der Waals surface area contributed by atoms with Crippen LogP contribution in [0.4, 0.5) is 13.2 Å². The molecule has 0 saturated heterocycles. The van der Waals surface area contributed by atoms with Gasteiger partial charge in [-0.2, -0.15) is 13.2 Å². The van der Waals surface area contributed by atoms with Gasteiger partial charge in [-0.1, -0.05) is 39.7 Å². The van der Waals surface area contributed by atoms with Crippen molar-refractivity contribution in [2.45, 2.75) is 72.5 Å². The molecule has 0 spiro atoms. The van der Waals surface area contributed by atoms with E-state index >= 15 is 0 Å². The van der Waals surface area contributed by atoms with Crippen LogP contribution < -0.4 is 9.47 Å². The number of ether oxygens (including phenoxy) is 3. The third kappa shape index (κ3) is 8.41. The van der Waals surface area contributed by atoms with Gasteiger partial charge in [-0.05, 0) is 55.7 Å². The Labute approximate surface area is 229 Å². The molecular weight excluding hydrogens is 507 g/mol. The number of benzene rings is 2. The fourth-order valence-electron chi connectivity index (χ4n) is 4.64. The minimum absolute atomic E-state index is 0.219. The van der Waals surface area contributed by atoms with Crippen molar-refractivity contribution in [3.05, 3.63) is 48.0 Å². The zero-order chi connectivity index (χ0) is 28.6. The second-order valence-corrected chi connectivity index (χ2v) is 10.3. The Morgan fingerprint density at radius 1 is 1.00 bits per heavy atom. The van der Waals surface area contributed by atoms with Crippen molar-refractivity contribution in [2.75, 3.05) is 20.3 Å². The number of hydrogen-bond acceptors (Lipinski definition) is 4. The lowest BCUT2D eigenvalue weighted by atomic mass is 10.0. The molecule has 1 unspecified atom stereocenters. The smallest absolute Gasteiger partial charge is 0.389 e. The zero-order valence-electron chi connectivity index (χ0n) is 23.6. The molecule has 0 aliphatic rings. The van der Waals surface area contributed by atoms with E-state index in [1.165, 1.54) is 18.4 Å². The van der Waals surface area contributed by atoms with Gasteiger partial charge in [0.05, 0.1) is 43.9 Å². The Morgan fingerprint density at radius 2 is 1.77 bits per heavy atom. The van der Waals surface area contributed by atoms with E-state index in [0.29, 0.717) is 12.3 Å². The number of halogens is 3.